The van der Waals surface area contributed by atoms with Crippen molar-refractivity contribution in [2.75, 3.05) is 7.05 Å². The Morgan fingerprint density at radius 1 is 1.53 bits per heavy atom. The van der Waals surface area contributed by atoms with Crippen molar-refractivity contribution in [2.24, 2.45) is 0 Å². The number of aromatic nitrogens is 1. The van der Waals surface area contributed by atoms with Crippen molar-refractivity contribution in [3.05, 3.63) is 29.7 Å². The van der Waals surface area contributed by atoms with Gasteiger partial charge in [-0.1, -0.05) is 6.07 Å². The Balaban J connectivity index is 2.24. The minimum Gasteiger partial charge on any atom is -0.441 e. The van der Waals surface area contributed by atoms with Gasteiger partial charge < -0.3 is 9.32 Å². The molecule has 0 spiro atoms. The Hall–Kier alpha value is -2.17. The molecule has 1 amide bonds. The molecule has 1 heterocycles. The fourth-order valence-corrected chi connectivity index (χ4v) is 1.63. The van der Waals surface area contributed by atoms with Gasteiger partial charge >= 0.3 is 0 Å². The maximum atomic E-state index is 11.1. The summed E-state index contributed by atoms with van der Waals surface area (Å²) in [6.45, 7) is 2.15. The van der Waals surface area contributed by atoms with Gasteiger partial charge in [-0.05, 0) is 17.7 Å². The molecule has 0 atom stereocenters. The predicted octanol–water partition coefficient (Wildman–Crippen LogP) is 1.29. The monoisotopic (exact) mass is 232 g/mol. The lowest BCUT2D eigenvalue weighted by Gasteiger charge is -2.13. The Kier molecular flexibility index (Phi) is 2.91. The zero-order chi connectivity index (χ0) is 12.4. The summed E-state index contributed by atoms with van der Waals surface area (Å²) < 4.78 is 5.35. The van der Waals surface area contributed by atoms with Gasteiger partial charge in [-0.25, -0.2) is 4.98 Å². The highest BCUT2D eigenvalue weighted by Crippen LogP contribution is 2.17. The van der Waals surface area contributed by atoms with Crippen LogP contribution in [0.25, 0.3) is 11.1 Å². The highest BCUT2D eigenvalue weighted by molar-refractivity contribution is 6.23. The maximum absolute atomic E-state index is 11.1. The molecule has 0 fully saturated rings. The van der Waals surface area contributed by atoms with Gasteiger partial charge in [0.05, 0.1) is 0 Å². The SMILES string of the molecule is Cc1nc2cc(CN(C)C(=O)C=O)ccc2o1. The van der Waals surface area contributed by atoms with Gasteiger partial charge in [0.2, 0.25) is 6.29 Å². The number of benzene rings is 1. The van der Waals surface area contributed by atoms with E-state index in [1.54, 1.807) is 14.0 Å². The summed E-state index contributed by atoms with van der Waals surface area (Å²) >= 11 is 0. The molecule has 5 heteroatoms. The summed E-state index contributed by atoms with van der Waals surface area (Å²) in [6, 6.07) is 5.51. The zero-order valence-corrected chi connectivity index (χ0v) is 9.64. The first-order valence-corrected chi connectivity index (χ1v) is 5.16. The number of carbonyl (C=O) groups is 2. The van der Waals surface area contributed by atoms with Gasteiger partial charge in [-0.2, -0.15) is 0 Å². The van der Waals surface area contributed by atoms with Gasteiger partial charge in [-0.3, -0.25) is 9.59 Å². The number of aryl methyl sites for hydroxylation is 1. The van der Waals surface area contributed by atoms with E-state index in [4.69, 9.17) is 4.42 Å². The van der Waals surface area contributed by atoms with Crippen LogP contribution in [-0.4, -0.2) is 29.1 Å². The van der Waals surface area contributed by atoms with Crippen LogP contribution < -0.4 is 0 Å². The molecule has 0 saturated heterocycles. The van der Waals surface area contributed by atoms with Crippen LogP contribution in [0.5, 0.6) is 0 Å². The smallest absolute Gasteiger partial charge is 0.286 e. The molecule has 2 aromatic rings. The predicted molar refractivity (Wildman–Crippen MR) is 61.3 cm³/mol. The largest absolute Gasteiger partial charge is 0.441 e. The molecule has 17 heavy (non-hydrogen) atoms. The standard InChI is InChI=1S/C12H12N2O3/c1-8-13-10-5-9(3-4-11(10)17-8)6-14(2)12(16)7-15/h3-5,7H,6H2,1-2H3. The van der Waals surface area contributed by atoms with Crippen LogP contribution in [0, 0.1) is 6.92 Å². The fraction of sp³-hybridized carbons (Fsp3) is 0.250. The van der Waals surface area contributed by atoms with E-state index in [1.807, 2.05) is 18.2 Å². The number of rotatable bonds is 3. The second-order valence-electron chi connectivity index (χ2n) is 3.85. The van der Waals surface area contributed by atoms with Crippen molar-refractivity contribution in [1.29, 1.82) is 0 Å². The molecule has 5 nitrogen and oxygen atoms in total. The van der Waals surface area contributed by atoms with E-state index >= 15 is 0 Å². The van der Waals surface area contributed by atoms with E-state index in [0.717, 1.165) is 16.7 Å². The van der Waals surface area contributed by atoms with Crippen LogP contribution in [0.3, 0.4) is 0 Å². The van der Waals surface area contributed by atoms with E-state index in [-0.39, 0.29) is 0 Å². The van der Waals surface area contributed by atoms with E-state index in [1.165, 1.54) is 4.90 Å². The third kappa shape index (κ3) is 2.33. The van der Waals surface area contributed by atoms with Gasteiger partial charge in [0.1, 0.15) is 5.52 Å². The molecule has 0 aliphatic rings. The Morgan fingerprint density at radius 2 is 2.29 bits per heavy atom. The number of likely N-dealkylation sites (N-methyl/N-ethyl adjacent to an activating group) is 1. The van der Waals surface area contributed by atoms with Gasteiger partial charge in [0.25, 0.3) is 5.91 Å². The lowest BCUT2D eigenvalue weighted by atomic mass is 10.2. The molecule has 0 N–H and O–H groups in total. The number of hydrogen-bond donors (Lipinski definition) is 0. The topological polar surface area (TPSA) is 63.4 Å². The van der Waals surface area contributed by atoms with Crippen molar-refractivity contribution < 1.29 is 14.0 Å². The quantitative estimate of drug-likeness (QED) is 0.591. The van der Waals surface area contributed by atoms with E-state index < -0.39 is 5.91 Å². The number of oxazole rings is 1. The van der Waals surface area contributed by atoms with E-state index in [0.29, 0.717) is 18.7 Å². The molecule has 0 saturated carbocycles. The van der Waals surface area contributed by atoms with Crippen LogP contribution in [0.4, 0.5) is 0 Å². The fourth-order valence-electron chi connectivity index (χ4n) is 1.63. The van der Waals surface area contributed by atoms with Crippen LogP contribution >= 0.6 is 0 Å². The molecule has 88 valence electrons. The van der Waals surface area contributed by atoms with Crippen molar-refractivity contribution >= 4 is 23.3 Å². The second-order valence-corrected chi connectivity index (χ2v) is 3.85. The van der Waals surface area contributed by atoms with Crippen LogP contribution in [0.15, 0.2) is 22.6 Å². The minimum absolute atomic E-state index is 0.304. The Bertz CT molecular complexity index is 574. The van der Waals surface area contributed by atoms with Crippen LogP contribution in [-0.2, 0) is 16.1 Å². The molecule has 0 radical (unpaired) electrons. The summed E-state index contributed by atoms with van der Waals surface area (Å²) in [5.74, 6) is 0.0657. The highest BCUT2D eigenvalue weighted by Gasteiger charge is 2.09. The van der Waals surface area contributed by atoms with Gasteiger partial charge in [0, 0.05) is 20.5 Å². The minimum atomic E-state index is -0.540. The van der Waals surface area contributed by atoms with Gasteiger partial charge in [0.15, 0.2) is 11.5 Å². The lowest BCUT2D eigenvalue weighted by Crippen LogP contribution is -2.26. The van der Waals surface area contributed by atoms with Crippen molar-refractivity contribution in [1.82, 2.24) is 9.88 Å². The van der Waals surface area contributed by atoms with E-state index in [2.05, 4.69) is 4.98 Å². The number of aldehydes is 1. The number of carbonyl (C=O) groups excluding carboxylic acids is 2. The lowest BCUT2D eigenvalue weighted by molar-refractivity contribution is -0.138. The number of fused-ring (bicyclic) bond motifs is 1. The molecule has 1 aromatic carbocycles. The Morgan fingerprint density at radius 3 is 3.00 bits per heavy atom. The summed E-state index contributed by atoms with van der Waals surface area (Å²) in [4.78, 5) is 27.0. The first kappa shape index (κ1) is 11.3. The average Bonchev–Trinajstić information content (AvgIpc) is 2.67. The molecule has 0 bridgehead atoms. The summed E-state index contributed by atoms with van der Waals surface area (Å²) in [5.41, 5.74) is 2.38. The number of amides is 1. The van der Waals surface area contributed by atoms with Crippen molar-refractivity contribution in [2.45, 2.75) is 13.5 Å². The van der Waals surface area contributed by atoms with Crippen molar-refractivity contribution in [3.8, 4) is 0 Å². The molecule has 0 aliphatic heterocycles. The maximum Gasteiger partial charge on any atom is 0.286 e. The average molecular weight is 232 g/mol. The van der Waals surface area contributed by atoms with Crippen molar-refractivity contribution in [3.63, 3.8) is 0 Å². The molecule has 2 rings (SSSR count). The third-order valence-electron chi connectivity index (χ3n) is 2.46. The summed E-state index contributed by atoms with van der Waals surface area (Å²) in [6.07, 6.45) is 0.304. The number of hydrogen-bond acceptors (Lipinski definition) is 4. The second kappa shape index (κ2) is 4.37. The molecular formula is C12H12N2O3. The van der Waals surface area contributed by atoms with Crippen LogP contribution in [0.2, 0.25) is 0 Å². The zero-order valence-electron chi connectivity index (χ0n) is 9.64. The molecule has 0 unspecified atom stereocenters. The highest BCUT2D eigenvalue weighted by atomic mass is 16.3. The third-order valence-corrected chi connectivity index (χ3v) is 2.46. The first-order chi connectivity index (χ1) is 8.10. The molecular weight excluding hydrogens is 220 g/mol. The number of nitrogens with zero attached hydrogens (tertiary/aromatic N) is 2. The molecule has 1 aromatic heterocycles. The van der Waals surface area contributed by atoms with Crippen LogP contribution in [0.1, 0.15) is 11.5 Å². The molecule has 0 aliphatic carbocycles. The summed E-state index contributed by atoms with van der Waals surface area (Å²) in [5, 5.41) is 0. The summed E-state index contributed by atoms with van der Waals surface area (Å²) in [7, 11) is 1.58. The normalized spacial score (nSPS) is 10.5. The first-order valence-electron chi connectivity index (χ1n) is 5.16. The van der Waals surface area contributed by atoms with Gasteiger partial charge in [-0.15, -0.1) is 0 Å². The van der Waals surface area contributed by atoms with E-state index in [9.17, 15) is 9.59 Å². The Labute approximate surface area is 98.0 Å².